The van der Waals surface area contributed by atoms with Gasteiger partial charge in [-0.1, -0.05) is 24.6 Å². The van der Waals surface area contributed by atoms with Crippen molar-refractivity contribution in [1.29, 1.82) is 0 Å². The molecule has 1 N–H and O–H groups in total. The molecule has 0 amide bonds. The Balaban J connectivity index is 2.32. The van der Waals surface area contributed by atoms with Gasteiger partial charge in [0.15, 0.2) is 0 Å². The van der Waals surface area contributed by atoms with Crippen molar-refractivity contribution in [3.05, 3.63) is 50.5 Å². The summed E-state index contributed by atoms with van der Waals surface area (Å²) >= 11 is 9.49. The highest BCUT2D eigenvalue weighted by Gasteiger charge is 2.18. The Kier molecular flexibility index (Phi) is 5.41. The zero-order valence-corrected chi connectivity index (χ0v) is 14.6. The summed E-state index contributed by atoms with van der Waals surface area (Å²) < 4.78 is 16.0. The number of likely N-dealkylation sites (N-methyl/N-ethyl adjacent to an activating group) is 1. The average Bonchev–Trinajstić information content (AvgIpc) is 2.68. The normalized spacial score (nSPS) is 12.7. The van der Waals surface area contributed by atoms with Gasteiger partial charge in [0.05, 0.1) is 20.9 Å². The molecule has 21 heavy (non-hydrogen) atoms. The van der Waals surface area contributed by atoms with Gasteiger partial charge in [-0.2, -0.15) is 5.10 Å². The van der Waals surface area contributed by atoms with Crippen molar-refractivity contribution in [1.82, 2.24) is 15.1 Å². The Bertz CT molecular complexity index is 642. The van der Waals surface area contributed by atoms with E-state index in [4.69, 9.17) is 11.6 Å². The fourth-order valence-corrected chi connectivity index (χ4v) is 2.86. The predicted molar refractivity (Wildman–Crippen MR) is 87.2 cm³/mol. The summed E-state index contributed by atoms with van der Waals surface area (Å²) in [5.74, 6) is -0.261. The zero-order chi connectivity index (χ0) is 15.6. The first kappa shape index (κ1) is 16.5. The van der Waals surface area contributed by atoms with Crippen molar-refractivity contribution in [3.8, 4) is 0 Å². The molecule has 0 aliphatic rings. The minimum Gasteiger partial charge on any atom is -0.310 e. The van der Waals surface area contributed by atoms with Gasteiger partial charge in [0.25, 0.3) is 0 Å². The second-order valence-electron chi connectivity index (χ2n) is 4.96. The fourth-order valence-electron chi connectivity index (χ4n) is 2.38. The lowest BCUT2D eigenvalue weighted by atomic mass is 10.0. The van der Waals surface area contributed by atoms with Crippen LogP contribution >= 0.6 is 27.5 Å². The Morgan fingerprint density at radius 2 is 2.19 bits per heavy atom. The number of aryl methyl sites for hydroxylation is 2. The third-order valence-corrected chi connectivity index (χ3v) is 4.59. The molecule has 3 nitrogen and oxygen atoms in total. The third kappa shape index (κ3) is 3.65. The monoisotopic (exact) mass is 373 g/mol. The molecule has 0 fully saturated rings. The van der Waals surface area contributed by atoms with Crippen molar-refractivity contribution < 1.29 is 4.39 Å². The topological polar surface area (TPSA) is 29.9 Å². The summed E-state index contributed by atoms with van der Waals surface area (Å²) in [4.78, 5) is 0. The molecular formula is C15H18BrClFN3. The number of hydrogen-bond donors (Lipinski definition) is 1. The first-order valence-corrected chi connectivity index (χ1v) is 7.97. The molecule has 0 aliphatic heterocycles. The summed E-state index contributed by atoms with van der Waals surface area (Å²) in [6, 6.07) is 5.18. The number of halogens is 3. The van der Waals surface area contributed by atoms with E-state index < -0.39 is 0 Å². The lowest BCUT2D eigenvalue weighted by molar-refractivity contribution is 0.523. The molecule has 1 aromatic carbocycles. The fraction of sp³-hybridized carbons (Fsp3) is 0.400. The van der Waals surface area contributed by atoms with E-state index in [-0.39, 0.29) is 11.9 Å². The molecule has 0 saturated heterocycles. The third-order valence-electron chi connectivity index (χ3n) is 3.46. The lowest BCUT2D eigenvalue weighted by Crippen LogP contribution is -2.24. The first-order chi connectivity index (χ1) is 9.93. The van der Waals surface area contributed by atoms with Gasteiger partial charge in [-0.15, -0.1) is 0 Å². The highest BCUT2D eigenvalue weighted by atomic mass is 79.9. The van der Waals surface area contributed by atoms with Crippen molar-refractivity contribution in [3.63, 3.8) is 0 Å². The van der Waals surface area contributed by atoms with E-state index in [0.29, 0.717) is 15.9 Å². The van der Waals surface area contributed by atoms with E-state index in [1.54, 1.807) is 16.8 Å². The van der Waals surface area contributed by atoms with Crippen LogP contribution in [0, 0.1) is 12.7 Å². The summed E-state index contributed by atoms with van der Waals surface area (Å²) in [5, 5.41) is 8.38. The Morgan fingerprint density at radius 1 is 1.48 bits per heavy atom. The summed E-state index contributed by atoms with van der Waals surface area (Å²) in [5.41, 5.74) is 2.65. The van der Waals surface area contributed by atoms with Gasteiger partial charge in [-0.25, -0.2) is 4.39 Å². The quantitative estimate of drug-likeness (QED) is 0.851. The standard InChI is InChI=1S/C15H18BrClFN3/c1-4-19-13(10-5-6-11(16)12(18)7-10)8-14-15(17)9(2)20-21(14)3/h5-7,13,19H,4,8H2,1-3H3. The summed E-state index contributed by atoms with van der Waals surface area (Å²) in [7, 11) is 1.87. The molecule has 0 radical (unpaired) electrons. The van der Waals surface area contributed by atoms with Crippen LogP contribution in [-0.4, -0.2) is 16.3 Å². The molecule has 6 heteroatoms. The van der Waals surface area contributed by atoms with E-state index in [1.165, 1.54) is 0 Å². The molecule has 1 atom stereocenters. The van der Waals surface area contributed by atoms with E-state index in [2.05, 4.69) is 26.3 Å². The smallest absolute Gasteiger partial charge is 0.137 e. The first-order valence-electron chi connectivity index (χ1n) is 6.80. The number of hydrogen-bond acceptors (Lipinski definition) is 2. The number of benzene rings is 1. The number of aromatic nitrogens is 2. The molecule has 0 saturated carbocycles. The largest absolute Gasteiger partial charge is 0.310 e. The Morgan fingerprint density at radius 3 is 2.71 bits per heavy atom. The maximum Gasteiger partial charge on any atom is 0.137 e. The van der Waals surface area contributed by atoms with Crippen LogP contribution in [0.4, 0.5) is 4.39 Å². The van der Waals surface area contributed by atoms with E-state index in [0.717, 1.165) is 23.5 Å². The van der Waals surface area contributed by atoms with Gasteiger partial charge >= 0.3 is 0 Å². The maximum absolute atomic E-state index is 13.8. The van der Waals surface area contributed by atoms with E-state index >= 15 is 0 Å². The molecule has 1 unspecified atom stereocenters. The van der Waals surface area contributed by atoms with Crippen LogP contribution in [0.2, 0.25) is 5.02 Å². The lowest BCUT2D eigenvalue weighted by Gasteiger charge is -2.19. The molecule has 0 bridgehead atoms. The zero-order valence-electron chi connectivity index (χ0n) is 12.3. The van der Waals surface area contributed by atoms with Crippen LogP contribution < -0.4 is 5.32 Å². The molecule has 0 aliphatic carbocycles. The van der Waals surface area contributed by atoms with Crippen molar-refractivity contribution in [2.24, 2.45) is 7.05 Å². The van der Waals surface area contributed by atoms with E-state index in [1.807, 2.05) is 27.0 Å². The molecule has 1 heterocycles. The molecule has 1 aromatic heterocycles. The second-order valence-corrected chi connectivity index (χ2v) is 6.19. The van der Waals surface area contributed by atoms with Crippen LogP contribution in [0.1, 0.15) is 29.9 Å². The minimum atomic E-state index is -0.261. The van der Waals surface area contributed by atoms with Crippen LogP contribution in [0.3, 0.4) is 0 Å². The number of rotatable bonds is 5. The average molecular weight is 375 g/mol. The van der Waals surface area contributed by atoms with Gasteiger partial charge < -0.3 is 5.32 Å². The van der Waals surface area contributed by atoms with Crippen molar-refractivity contribution in [2.45, 2.75) is 26.3 Å². The van der Waals surface area contributed by atoms with Crippen LogP contribution in [0.25, 0.3) is 0 Å². The van der Waals surface area contributed by atoms with Gasteiger partial charge in [0.2, 0.25) is 0 Å². The summed E-state index contributed by atoms with van der Waals surface area (Å²) in [6.45, 7) is 4.70. The Labute approximate surface area is 137 Å². The van der Waals surface area contributed by atoms with E-state index in [9.17, 15) is 4.39 Å². The number of nitrogens with zero attached hydrogens (tertiary/aromatic N) is 2. The highest BCUT2D eigenvalue weighted by Crippen LogP contribution is 2.27. The van der Waals surface area contributed by atoms with Crippen LogP contribution in [0.15, 0.2) is 22.7 Å². The highest BCUT2D eigenvalue weighted by molar-refractivity contribution is 9.10. The van der Waals surface area contributed by atoms with Gasteiger partial charge in [0, 0.05) is 19.5 Å². The molecule has 114 valence electrons. The molecular weight excluding hydrogens is 357 g/mol. The van der Waals surface area contributed by atoms with Crippen molar-refractivity contribution >= 4 is 27.5 Å². The van der Waals surface area contributed by atoms with Gasteiger partial charge in [0.1, 0.15) is 5.82 Å². The minimum absolute atomic E-state index is 0.00935. The maximum atomic E-state index is 13.8. The predicted octanol–water partition coefficient (Wildman–Crippen LogP) is 4.18. The molecule has 2 aromatic rings. The SMILES string of the molecule is CCNC(Cc1c(Cl)c(C)nn1C)c1ccc(Br)c(F)c1. The van der Waals surface area contributed by atoms with Gasteiger partial charge in [-0.3, -0.25) is 4.68 Å². The molecule has 0 spiro atoms. The Hall–Kier alpha value is -0.910. The van der Waals surface area contributed by atoms with Crippen molar-refractivity contribution in [2.75, 3.05) is 6.54 Å². The van der Waals surface area contributed by atoms with Crippen LogP contribution in [-0.2, 0) is 13.5 Å². The second kappa shape index (κ2) is 6.90. The van der Waals surface area contributed by atoms with Gasteiger partial charge in [-0.05, 0) is 47.1 Å². The number of nitrogens with one attached hydrogen (secondary N) is 1. The van der Waals surface area contributed by atoms with Crippen LogP contribution in [0.5, 0.6) is 0 Å². The summed E-state index contributed by atoms with van der Waals surface area (Å²) in [6.07, 6.45) is 0.658. The molecule has 2 rings (SSSR count).